The van der Waals surface area contributed by atoms with Gasteiger partial charge in [0, 0.05) is 12.0 Å². The van der Waals surface area contributed by atoms with Crippen LogP contribution >= 0.6 is 0 Å². The molecular weight excluding hydrogens is 236 g/mol. The second-order valence-corrected chi connectivity index (χ2v) is 4.92. The van der Waals surface area contributed by atoms with Crippen LogP contribution in [-0.4, -0.2) is 10.1 Å². The average molecular weight is 258 g/mol. The number of aryl methyl sites for hydroxylation is 2. The minimum atomic E-state index is 0.709. The number of hydrogen-bond donors (Lipinski definition) is 0. The van der Waals surface area contributed by atoms with Gasteiger partial charge in [-0.3, -0.25) is 0 Å². The van der Waals surface area contributed by atoms with Crippen molar-refractivity contribution in [3.05, 3.63) is 35.7 Å². The maximum Gasteiger partial charge on any atom is 0.226 e. The Kier molecular flexibility index (Phi) is 5.13. The molecule has 0 atom stereocenters. The van der Waals surface area contributed by atoms with Gasteiger partial charge in [0.2, 0.25) is 11.7 Å². The number of rotatable bonds is 7. The van der Waals surface area contributed by atoms with E-state index < -0.39 is 0 Å². The molecule has 0 aliphatic rings. The zero-order valence-corrected chi connectivity index (χ0v) is 11.9. The Labute approximate surface area is 115 Å². The fourth-order valence-electron chi connectivity index (χ4n) is 2.13. The van der Waals surface area contributed by atoms with Crippen LogP contribution < -0.4 is 0 Å². The van der Waals surface area contributed by atoms with Crippen molar-refractivity contribution in [2.24, 2.45) is 0 Å². The second-order valence-electron chi connectivity index (χ2n) is 4.92. The molecule has 1 heterocycles. The average Bonchev–Trinajstić information content (AvgIpc) is 2.89. The van der Waals surface area contributed by atoms with Crippen molar-refractivity contribution < 1.29 is 4.52 Å². The zero-order valence-electron chi connectivity index (χ0n) is 11.9. The Morgan fingerprint density at radius 2 is 1.95 bits per heavy atom. The molecule has 0 bridgehead atoms. The molecule has 3 heteroatoms. The van der Waals surface area contributed by atoms with E-state index >= 15 is 0 Å². The molecule has 1 aromatic carbocycles. The molecule has 0 radical (unpaired) electrons. The molecule has 2 aromatic rings. The lowest BCUT2D eigenvalue weighted by Crippen LogP contribution is -1.88. The number of hydrogen-bond acceptors (Lipinski definition) is 3. The van der Waals surface area contributed by atoms with Crippen LogP contribution in [0, 0.1) is 0 Å². The maximum atomic E-state index is 5.24. The molecule has 0 spiro atoms. The SMILES string of the molecule is CCCCCc1cccc(-c2noc(CCC)n2)c1. The summed E-state index contributed by atoms with van der Waals surface area (Å²) in [6, 6.07) is 8.47. The minimum Gasteiger partial charge on any atom is -0.339 e. The van der Waals surface area contributed by atoms with Crippen molar-refractivity contribution in [3.63, 3.8) is 0 Å². The van der Waals surface area contributed by atoms with Crippen LogP contribution in [0.15, 0.2) is 28.8 Å². The van der Waals surface area contributed by atoms with Gasteiger partial charge in [-0.05, 0) is 30.9 Å². The highest BCUT2D eigenvalue weighted by atomic mass is 16.5. The van der Waals surface area contributed by atoms with Crippen molar-refractivity contribution in [3.8, 4) is 11.4 Å². The Hall–Kier alpha value is -1.64. The highest BCUT2D eigenvalue weighted by molar-refractivity contribution is 5.55. The molecule has 102 valence electrons. The second kappa shape index (κ2) is 7.07. The molecule has 0 unspecified atom stereocenters. The van der Waals surface area contributed by atoms with Gasteiger partial charge >= 0.3 is 0 Å². The minimum absolute atomic E-state index is 0.709. The van der Waals surface area contributed by atoms with E-state index in [2.05, 4.69) is 42.2 Å². The lowest BCUT2D eigenvalue weighted by Gasteiger charge is -2.02. The summed E-state index contributed by atoms with van der Waals surface area (Å²) in [5, 5.41) is 4.06. The first-order valence-corrected chi connectivity index (χ1v) is 7.25. The first-order valence-electron chi connectivity index (χ1n) is 7.25. The summed E-state index contributed by atoms with van der Waals surface area (Å²) < 4.78 is 5.24. The summed E-state index contributed by atoms with van der Waals surface area (Å²) in [7, 11) is 0. The number of nitrogens with zero attached hydrogens (tertiary/aromatic N) is 2. The molecule has 2 rings (SSSR count). The summed E-state index contributed by atoms with van der Waals surface area (Å²) >= 11 is 0. The third kappa shape index (κ3) is 3.91. The van der Waals surface area contributed by atoms with Crippen LogP contribution in [0.5, 0.6) is 0 Å². The third-order valence-electron chi connectivity index (χ3n) is 3.19. The fraction of sp³-hybridized carbons (Fsp3) is 0.500. The summed E-state index contributed by atoms with van der Waals surface area (Å²) in [5.74, 6) is 1.44. The van der Waals surface area contributed by atoms with Crippen molar-refractivity contribution in [1.82, 2.24) is 10.1 Å². The Balaban J connectivity index is 2.08. The predicted molar refractivity (Wildman–Crippen MR) is 77.0 cm³/mol. The van der Waals surface area contributed by atoms with Gasteiger partial charge in [-0.1, -0.05) is 50.0 Å². The van der Waals surface area contributed by atoms with E-state index in [0.717, 1.165) is 30.7 Å². The van der Waals surface area contributed by atoms with Gasteiger partial charge < -0.3 is 4.52 Å². The van der Waals surface area contributed by atoms with Gasteiger partial charge in [0.25, 0.3) is 0 Å². The van der Waals surface area contributed by atoms with E-state index in [1.807, 2.05) is 6.07 Å². The largest absolute Gasteiger partial charge is 0.339 e. The number of aromatic nitrogens is 2. The predicted octanol–water partition coefficient (Wildman–Crippen LogP) is 4.42. The van der Waals surface area contributed by atoms with E-state index in [1.165, 1.54) is 24.8 Å². The molecule has 19 heavy (non-hydrogen) atoms. The first kappa shape index (κ1) is 13.8. The number of unbranched alkanes of at least 4 members (excludes halogenated alkanes) is 2. The lowest BCUT2D eigenvalue weighted by atomic mass is 10.0. The normalized spacial score (nSPS) is 10.8. The molecule has 1 aromatic heterocycles. The van der Waals surface area contributed by atoms with Crippen LogP contribution in [0.1, 0.15) is 51.0 Å². The smallest absolute Gasteiger partial charge is 0.226 e. The molecule has 0 saturated heterocycles. The van der Waals surface area contributed by atoms with Gasteiger partial charge in [0.15, 0.2) is 0 Å². The van der Waals surface area contributed by atoms with Gasteiger partial charge in [-0.2, -0.15) is 4.98 Å². The van der Waals surface area contributed by atoms with Gasteiger partial charge in [-0.25, -0.2) is 0 Å². The fourth-order valence-corrected chi connectivity index (χ4v) is 2.13. The zero-order chi connectivity index (χ0) is 13.5. The van der Waals surface area contributed by atoms with Gasteiger partial charge in [0.05, 0.1) is 0 Å². The molecule has 0 aliphatic heterocycles. The van der Waals surface area contributed by atoms with E-state index in [4.69, 9.17) is 4.52 Å². The quantitative estimate of drug-likeness (QED) is 0.690. The highest BCUT2D eigenvalue weighted by Gasteiger charge is 2.08. The maximum absolute atomic E-state index is 5.24. The summed E-state index contributed by atoms with van der Waals surface area (Å²) in [6.45, 7) is 4.34. The third-order valence-corrected chi connectivity index (χ3v) is 3.19. The molecule has 0 amide bonds. The number of benzene rings is 1. The van der Waals surface area contributed by atoms with Crippen LogP contribution in [-0.2, 0) is 12.8 Å². The van der Waals surface area contributed by atoms with Gasteiger partial charge in [0.1, 0.15) is 0 Å². The lowest BCUT2D eigenvalue weighted by molar-refractivity contribution is 0.378. The Morgan fingerprint density at radius 1 is 1.05 bits per heavy atom. The van der Waals surface area contributed by atoms with Crippen molar-refractivity contribution in [2.75, 3.05) is 0 Å². The Bertz CT molecular complexity index is 505. The standard InChI is InChI=1S/C16H22N2O/c1-3-5-6-9-13-10-7-11-14(12-13)16-17-15(8-4-2)19-18-16/h7,10-12H,3-6,8-9H2,1-2H3. The van der Waals surface area contributed by atoms with E-state index in [0.29, 0.717) is 5.82 Å². The van der Waals surface area contributed by atoms with E-state index in [1.54, 1.807) is 0 Å². The van der Waals surface area contributed by atoms with Crippen molar-refractivity contribution >= 4 is 0 Å². The topological polar surface area (TPSA) is 38.9 Å². The van der Waals surface area contributed by atoms with Crippen LogP contribution in [0.4, 0.5) is 0 Å². The van der Waals surface area contributed by atoms with E-state index in [9.17, 15) is 0 Å². The molecule has 0 N–H and O–H groups in total. The van der Waals surface area contributed by atoms with Crippen LogP contribution in [0.3, 0.4) is 0 Å². The monoisotopic (exact) mass is 258 g/mol. The highest BCUT2D eigenvalue weighted by Crippen LogP contribution is 2.19. The molecule has 0 aliphatic carbocycles. The molecule has 0 fully saturated rings. The molecule has 0 saturated carbocycles. The summed E-state index contributed by atoms with van der Waals surface area (Å²) in [6.07, 6.45) is 6.79. The first-order chi connectivity index (χ1) is 9.33. The van der Waals surface area contributed by atoms with Crippen LogP contribution in [0.25, 0.3) is 11.4 Å². The van der Waals surface area contributed by atoms with Crippen LogP contribution in [0.2, 0.25) is 0 Å². The van der Waals surface area contributed by atoms with Gasteiger partial charge in [-0.15, -0.1) is 0 Å². The van der Waals surface area contributed by atoms with Crippen molar-refractivity contribution in [2.45, 2.75) is 52.4 Å². The molecule has 3 nitrogen and oxygen atoms in total. The van der Waals surface area contributed by atoms with E-state index in [-0.39, 0.29) is 0 Å². The summed E-state index contributed by atoms with van der Waals surface area (Å²) in [5.41, 5.74) is 2.41. The Morgan fingerprint density at radius 3 is 2.74 bits per heavy atom. The van der Waals surface area contributed by atoms with Crippen molar-refractivity contribution in [1.29, 1.82) is 0 Å². The molecular formula is C16H22N2O. The summed E-state index contributed by atoms with van der Waals surface area (Å²) in [4.78, 5) is 4.43.